The summed E-state index contributed by atoms with van der Waals surface area (Å²) in [5, 5.41) is 15.6. The van der Waals surface area contributed by atoms with Crippen LogP contribution in [-0.4, -0.2) is 10.3 Å². The molecular weight excluding hydrogens is 202 g/mol. The van der Waals surface area contributed by atoms with E-state index in [1.54, 1.807) is 6.07 Å². The van der Waals surface area contributed by atoms with Crippen LogP contribution in [0.1, 0.15) is 31.5 Å². The number of hydrogen-bond donors (Lipinski definition) is 1. The minimum absolute atomic E-state index is 0.0280. The fraction of sp³-hybridized carbons (Fsp3) is 0.462. The first-order valence-corrected chi connectivity index (χ1v) is 5.61. The maximum absolute atomic E-state index is 10.1. The first-order chi connectivity index (χ1) is 7.50. The topological polar surface area (TPSA) is 35.8 Å². The molecule has 16 heavy (non-hydrogen) atoms. The van der Waals surface area contributed by atoms with Gasteiger partial charge in [0.05, 0.1) is 5.16 Å². The Balaban J connectivity index is 2.51. The van der Waals surface area contributed by atoms with Gasteiger partial charge < -0.3 is 9.26 Å². The molecule has 0 aliphatic heterocycles. The first kappa shape index (κ1) is 9.70. The molecule has 0 unspecified atom stereocenters. The first-order valence-electron chi connectivity index (χ1n) is 5.61. The Hall–Kier alpha value is -1.51. The molecule has 0 radical (unpaired) electrons. The van der Waals surface area contributed by atoms with Gasteiger partial charge >= 0.3 is 0 Å². The standard InChI is InChI=1S/C13H15NO2/c1-13(2)7-6-8-11-10(16(3)14-8)5-4-9(15)12(11)13/h4-5H,6-7H2,1-3H3/p+1. The normalized spacial score (nSPS) is 17.9. The van der Waals surface area contributed by atoms with Gasteiger partial charge in [0.2, 0.25) is 0 Å². The summed E-state index contributed by atoms with van der Waals surface area (Å²) in [4.78, 5) is 0. The average molecular weight is 218 g/mol. The number of aryl methyl sites for hydroxylation is 2. The molecule has 0 saturated carbocycles. The number of phenols is 1. The lowest BCUT2D eigenvalue weighted by Gasteiger charge is -2.28. The van der Waals surface area contributed by atoms with Crippen LogP contribution in [0.15, 0.2) is 16.3 Å². The van der Waals surface area contributed by atoms with E-state index in [1.165, 1.54) is 0 Å². The van der Waals surface area contributed by atoms with Gasteiger partial charge in [0.15, 0.2) is 7.11 Å². The van der Waals surface area contributed by atoms with Crippen molar-refractivity contribution < 1.29 is 9.26 Å². The van der Waals surface area contributed by atoms with Gasteiger partial charge in [-0.2, -0.15) is 0 Å². The molecule has 2 aromatic rings. The van der Waals surface area contributed by atoms with Gasteiger partial charge in [-0.05, 0) is 24.3 Å². The second-order valence-corrected chi connectivity index (χ2v) is 5.23. The smallest absolute Gasteiger partial charge is 0.299 e. The van der Waals surface area contributed by atoms with E-state index in [0.717, 1.165) is 35.1 Å². The van der Waals surface area contributed by atoms with Gasteiger partial charge in [0.1, 0.15) is 16.8 Å². The Bertz CT molecular complexity index is 581. The molecule has 3 heteroatoms. The zero-order valence-corrected chi connectivity index (χ0v) is 9.87. The van der Waals surface area contributed by atoms with E-state index in [0.29, 0.717) is 5.75 Å². The van der Waals surface area contributed by atoms with E-state index in [1.807, 2.05) is 13.2 Å². The Morgan fingerprint density at radius 1 is 1.38 bits per heavy atom. The molecule has 1 aromatic heterocycles. The molecule has 1 aromatic carbocycles. The highest BCUT2D eigenvalue weighted by Crippen LogP contribution is 2.45. The van der Waals surface area contributed by atoms with Crippen LogP contribution < -0.4 is 0 Å². The summed E-state index contributed by atoms with van der Waals surface area (Å²) in [6.07, 6.45) is 2.01. The Morgan fingerprint density at radius 2 is 2.12 bits per heavy atom. The van der Waals surface area contributed by atoms with Crippen molar-refractivity contribution in [1.82, 2.24) is 5.16 Å². The third-order valence-electron chi connectivity index (χ3n) is 3.66. The number of nitrogens with zero attached hydrogens (tertiary/aromatic N) is 1. The number of aromatic nitrogens is 1. The molecule has 1 N–H and O–H groups in total. The van der Waals surface area contributed by atoms with Crippen LogP contribution in [0.4, 0.5) is 0 Å². The monoisotopic (exact) mass is 218 g/mol. The third-order valence-corrected chi connectivity index (χ3v) is 3.66. The van der Waals surface area contributed by atoms with E-state index in [2.05, 4.69) is 23.2 Å². The van der Waals surface area contributed by atoms with Gasteiger partial charge in [-0.25, -0.2) is 0 Å². The van der Waals surface area contributed by atoms with Gasteiger partial charge in [-0.1, -0.05) is 13.8 Å². The Kier molecular flexibility index (Phi) is 1.69. The summed E-state index contributed by atoms with van der Waals surface area (Å²) in [6, 6.07) is 3.68. The lowest BCUT2D eigenvalue weighted by Crippen LogP contribution is -2.22. The molecule has 84 valence electrons. The van der Waals surface area contributed by atoms with Crippen molar-refractivity contribution in [3.05, 3.63) is 23.4 Å². The van der Waals surface area contributed by atoms with Crippen LogP contribution in [0.25, 0.3) is 11.0 Å². The van der Waals surface area contributed by atoms with Crippen molar-refractivity contribution in [2.45, 2.75) is 32.1 Å². The third kappa shape index (κ3) is 1.06. The van der Waals surface area contributed by atoms with E-state index in [-0.39, 0.29) is 5.41 Å². The minimum atomic E-state index is 0.0280. The van der Waals surface area contributed by atoms with Crippen molar-refractivity contribution in [1.29, 1.82) is 0 Å². The lowest BCUT2D eigenvalue weighted by atomic mass is 9.74. The zero-order valence-electron chi connectivity index (χ0n) is 9.87. The molecular formula is C13H16NO2+. The van der Waals surface area contributed by atoms with E-state index in [4.69, 9.17) is 0 Å². The highest BCUT2D eigenvalue weighted by Gasteiger charge is 2.36. The van der Waals surface area contributed by atoms with Gasteiger partial charge in [0.25, 0.3) is 5.58 Å². The molecule has 1 heterocycles. The molecule has 3 nitrogen and oxygen atoms in total. The predicted octanol–water partition coefficient (Wildman–Crippen LogP) is 2.98. The maximum Gasteiger partial charge on any atom is 0.299 e. The lowest BCUT2D eigenvalue weighted by molar-refractivity contribution is 0.117. The maximum atomic E-state index is 10.1. The summed E-state index contributed by atoms with van der Waals surface area (Å²) >= 11 is 0. The van der Waals surface area contributed by atoms with E-state index < -0.39 is 0 Å². The zero-order chi connectivity index (χ0) is 11.5. The summed E-state index contributed by atoms with van der Waals surface area (Å²) in [5.41, 5.74) is 3.20. The number of aromatic hydroxyl groups is 1. The second kappa shape index (κ2) is 2.78. The molecule has 0 bridgehead atoms. The van der Waals surface area contributed by atoms with Crippen LogP contribution in [0, 0.1) is 0 Å². The molecule has 3 rings (SSSR count). The van der Waals surface area contributed by atoms with Crippen molar-refractivity contribution in [3.8, 4) is 5.75 Å². The van der Waals surface area contributed by atoms with E-state index >= 15 is 0 Å². The average Bonchev–Trinajstić information content (AvgIpc) is 2.52. The predicted molar refractivity (Wildman–Crippen MR) is 62.6 cm³/mol. The van der Waals surface area contributed by atoms with Crippen LogP contribution in [0.2, 0.25) is 0 Å². The summed E-state index contributed by atoms with van der Waals surface area (Å²) in [5.74, 6) is 0.395. The minimum Gasteiger partial charge on any atom is -0.508 e. The largest absolute Gasteiger partial charge is 0.508 e. The molecule has 0 atom stereocenters. The van der Waals surface area contributed by atoms with Crippen molar-refractivity contribution >= 4 is 11.0 Å². The van der Waals surface area contributed by atoms with Gasteiger partial charge in [-0.15, -0.1) is 0 Å². The van der Waals surface area contributed by atoms with Crippen molar-refractivity contribution in [3.63, 3.8) is 0 Å². The van der Waals surface area contributed by atoms with Crippen LogP contribution >= 0.6 is 0 Å². The number of hydrogen-bond acceptors (Lipinski definition) is 2. The SMILES string of the molecule is C[o+]1nc2c3c(c(O)ccc31)C(C)(C)CC2. The van der Waals surface area contributed by atoms with Crippen LogP contribution in [0.5, 0.6) is 5.75 Å². The van der Waals surface area contributed by atoms with Crippen molar-refractivity contribution in [2.24, 2.45) is 7.11 Å². The Labute approximate surface area is 94.4 Å². The molecule has 0 spiro atoms. The Morgan fingerprint density at radius 3 is 2.88 bits per heavy atom. The van der Waals surface area contributed by atoms with E-state index in [9.17, 15) is 5.11 Å². The molecule has 0 saturated heterocycles. The fourth-order valence-corrected chi connectivity index (χ4v) is 2.78. The van der Waals surface area contributed by atoms with Crippen molar-refractivity contribution in [2.75, 3.05) is 0 Å². The molecule has 1 aliphatic carbocycles. The highest BCUT2D eigenvalue weighted by atomic mass is 16.6. The highest BCUT2D eigenvalue weighted by molar-refractivity contribution is 5.87. The number of benzene rings is 1. The fourth-order valence-electron chi connectivity index (χ4n) is 2.78. The summed E-state index contributed by atoms with van der Waals surface area (Å²) < 4.78 is 2.74. The molecule has 0 fully saturated rings. The molecule has 0 amide bonds. The summed E-state index contributed by atoms with van der Waals surface area (Å²) in [6.45, 7) is 4.37. The number of rotatable bonds is 0. The van der Waals surface area contributed by atoms with Gasteiger partial charge in [-0.3, -0.25) is 0 Å². The molecule has 1 aliphatic rings. The van der Waals surface area contributed by atoms with Crippen LogP contribution in [-0.2, 0) is 18.9 Å². The quantitative estimate of drug-likeness (QED) is 0.690. The van der Waals surface area contributed by atoms with Gasteiger partial charge in [0, 0.05) is 11.6 Å². The summed E-state index contributed by atoms with van der Waals surface area (Å²) in [7, 11) is 1.88. The second-order valence-electron chi connectivity index (χ2n) is 5.23. The number of phenolic OH excluding ortho intramolecular Hbond substituents is 1. The van der Waals surface area contributed by atoms with Crippen LogP contribution in [0.3, 0.4) is 0 Å².